The van der Waals surface area contributed by atoms with Crippen molar-refractivity contribution in [1.29, 1.82) is 0 Å². The Balaban J connectivity index is 1.66. The molecule has 1 aliphatic heterocycles. The number of hydrogen-bond donors (Lipinski definition) is 0. The first-order valence-corrected chi connectivity index (χ1v) is 8.10. The first-order chi connectivity index (χ1) is 10.0. The molecule has 0 aromatic carbocycles. The standard InChI is InChI=1S/C17H27N3O/c1-18(2)17(13-14-6-7-14)8-11-20(12-9-17)16(21)15-5-4-10-19(15)3/h4-5,10,14H,6-9,11-13H2,1-3H3. The van der Waals surface area contributed by atoms with Crippen molar-refractivity contribution in [3.8, 4) is 0 Å². The predicted molar refractivity (Wildman–Crippen MR) is 84.3 cm³/mol. The van der Waals surface area contributed by atoms with Crippen LogP contribution in [-0.4, -0.2) is 53.0 Å². The molecule has 3 rings (SSSR count). The van der Waals surface area contributed by atoms with Gasteiger partial charge in [0.15, 0.2) is 0 Å². The molecular weight excluding hydrogens is 262 g/mol. The van der Waals surface area contributed by atoms with Gasteiger partial charge in [0.2, 0.25) is 0 Å². The van der Waals surface area contributed by atoms with Gasteiger partial charge in [0.1, 0.15) is 5.69 Å². The average Bonchev–Trinajstić information content (AvgIpc) is 3.17. The molecule has 1 saturated heterocycles. The monoisotopic (exact) mass is 289 g/mol. The van der Waals surface area contributed by atoms with Crippen LogP contribution in [0.3, 0.4) is 0 Å². The van der Waals surface area contributed by atoms with Gasteiger partial charge >= 0.3 is 0 Å². The van der Waals surface area contributed by atoms with Crippen molar-refractivity contribution in [2.75, 3.05) is 27.2 Å². The number of amides is 1. The summed E-state index contributed by atoms with van der Waals surface area (Å²) in [6.45, 7) is 1.77. The van der Waals surface area contributed by atoms with E-state index in [4.69, 9.17) is 0 Å². The van der Waals surface area contributed by atoms with Crippen molar-refractivity contribution in [3.63, 3.8) is 0 Å². The fourth-order valence-electron chi connectivity index (χ4n) is 3.66. The van der Waals surface area contributed by atoms with Gasteiger partial charge in [0.05, 0.1) is 0 Å². The van der Waals surface area contributed by atoms with Gasteiger partial charge < -0.3 is 14.4 Å². The Kier molecular flexibility index (Phi) is 3.82. The van der Waals surface area contributed by atoms with E-state index < -0.39 is 0 Å². The number of aromatic nitrogens is 1. The Labute approximate surface area is 127 Å². The smallest absolute Gasteiger partial charge is 0.270 e. The summed E-state index contributed by atoms with van der Waals surface area (Å²) >= 11 is 0. The Bertz CT molecular complexity index is 508. The molecule has 2 fully saturated rings. The highest BCUT2D eigenvalue weighted by Crippen LogP contribution is 2.42. The van der Waals surface area contributed by atoms with Crippen molar-refractivity contribution < 1.29 is 4.79 Å². The van der Waals surface area contributed by atoms with E-state index in [0.717, 1.165) is 37.5 Å². The van der Waals surface area contributed by atoms with Gasteiger partial charge in [-0.15, -0.1) is 0 Å². The molecule has 1 amide bonds. The van der Waals surface area contributed by atoms with Crippen LogP contribution < -0.4 is 0 Å². The van der Waals surface area contributed by atoms with E-state index in [-0.39, 0.29) is 5.91 Å². The second-order valence-electron chi connectivity index (χ2n) is 7.06. The van der Waals surface area contributed by atoms with E-state index in [9.17, 15) is 4.79 Å². The fraction of sp³-hybridized carbons (Fsp3) is 0.706. The number of rotatable bonds is 4. The molecule has 1 aliphatic carbocycles. The lowest BCUT2D eigenvalue weighted by atomic mass is 9.81. The van der Waals surface area contributed by atoms with Gasteiger partial charge in [-0.05, 0) is 51.4 Å². The van der Waals surface area contributed by atoms with Crippen molar-refractivity contribution >= 4 is 5.91 Å². The van der Waals surface area contributed by atoms with E-state index >= 15 is 0 Å². The minimum Gasteiger partial charge on any atom is -0.347 e. The van der Waals surface area contributed by atoms with Crippen molar-refractivity contribution in [2.24, 2.45) is 13.0 Å². The van der Waals surface area contributed by atoms with Crippen molar-refractivity contribution in [2.45, 2.75) is 37.6 Å². The Morgan fingerprint density at radius 1 is 1.33 bits per heavy atom. The van der Waals surface area contributed by atoms with E-state index in [2.05, 4.69) is 19.0 Å². The van der Waals surface area contributed by atoms with Crippen LogP contribution in [0.2, 0.25) is 0 Å². The van der Waals surface area contributed by atoms with Crippen LogP contribution in [0.15, 0.2) is 18.3 Å². The number of piperidine rings is 1. The highest BCUT2D eigenvalue weighted by atomic mass is 16.2. The summed E-state index contributed by atoms with van der Waals surface area (Å²) in [5.41, 5.74) is 1.11. The van der Waals surface area contributed by atoms with Crippen LogP contribution in [0, 0.1) is 5.92 Å². The molecule has 1 saturated carbocycles. The normalized spacial score (nSPS) is 21.8. The topological polar surface area (TPSA) is 28.5 Å². The molecule has 116 valence electrons. The minimum absolute atomic E-state index is 0.182. The molecule has 1 aromatic heterocycles. The summed E-state index contributed by atoms with van der Waals surface area (Å²) in [5.74, 6) is 1.11. The Morgan fingerprint density at radius 2 is 2.00 bits per heavy atom. The molecule has 0 radical (unpaired) electrons. The molecule has 0 unspecified atom stereocenters. The van der Waals surface area contributed by atoms with Crippen LogP contribution in [-0.2, 0) is 7.05 Å². The predicted octanol–water partition coefficient (Wildman–Crippen LogP) is 2.36. The molecule has 0 N–H and O–H groups in total. The molecular formula is C17H27N3O. The first kappa shape index (κ1) is 14.6. The third kappa shape index (κ3) is 2.86. The summed E-state index contributed by atoms with van der Waals surface area (Å²) in [6, 6.07) is 3.86. The van der Waals surface area contributed by atoms with Crippen LogP contribution >= 0.6 is 0 Å². The Hall–Kier alpha value is -1.29. The average molecular weight is 289 g/mol. The summed E-state index contributed by atoms with van der Waals surface area (Å²) in [5, 5.41) is 0. The largest absolute Gasteiger partial charge is 0.347 e. The molecule has 1 aromatic rings. The third-order valence-electron chi connectivity index (χ3n) is 5.46. The molecule has 0 spiro atoms. The number of aryl methyl sites for hydroxylation is 1. The van der Waals surface area contributed by atoms with E-state index in [1.54, 1.807) is 0 Å². The maximum atomic E-state index is 12.6. The number of likely N-dealkylation sites (tertiary alicyclic amines) is 1. The quantitative estimate of drug-likeness (QED) is 0.851. The van der Waals surface area contributed by atoms with Gasteiger partial charge in [-0.2, -0.15) is 0 Å². The van der Waals surface area contributed by atoms with Gasteiger partial charge in [-0.1, -0.05) is 12.8 Å². The van der Waals surface area contributed by atoms with E-state index in [0.29, 0.717) is 5.54 Å². The molecule has 21 heavy (non-hydrogen) atoms. The molecule has 0 bridgehead atoms. The third-order valence-corrected chi connectivity index (χ3v) is 5.46. The lowest BCUT2D eigenvalue weighted by molar-refractivity contribution is 0.0357. The Morgan fingerprint density at radius 3 is 2.48 bits per heavy atom. The number of nitrogens with zero attached hydrogens (tertiary/aromatic N) is 3. The zero-order valence-corrected chi connectivity index (χ0v) is 13.5. The zero-order chi connectivity index (χ0) is 15.0. The fourth-order valence-corrected chi connectivity index (χ4v) is 3.66. The molecule has 4 heteroatoms. The lowest BCUT2D eigenvalue weighted by Crippen LogP contribution is -2.54. The van der Waals surface area contributed by atoms with Crippen LogP contribution in [0.4, 0.5) is 0 Å². The van der Waals surface area contributed by atoms with Crippen molar-refractivity contribution in [3.05, 3.63) is 24.0 Å². The SMILES string of the molecule is CN(C)C1(CC2CC2)CCN(C(=O)c2cccn2C)CC1. The van der Waals surface area contributed by atoms with Crippen LogP contribution in [0.1, 0.15) is 42.6 Å². The van der Waals surface area contributed by atoms with Gasteiger partial charge in [0.25, 0.3) is 5.91 Å². The van der Waals surface area contributed by atoms with Crippen molar-refractivity contribution in [1.82, 2.24) is 14.4 Å². The molecule has 4 nitrogen and oxygen atoms in total. The van der Waals surface area contributed by atoms with Gasteiger partial charge in [-0.3, -0.25) is 4.79 Å². The minimum atomic E-state index is 0.182. The number of carbonyl (C=O) groups excluding carboxylic acids is 1. The maximum Gasteiger partial charge on any atom is 0.270 e. The second-order valence-corrected chi connectivity index (χ2v) is 7.06. The molecule has 2 heterocycles. The summed E-state index contributed by atoms with van der Waals surface area (Å²) in [4.78, 5) is 17.0. The summed E-state index contributed by atoms with van der Waals surface area (Å²) < 4.78 is 1.92. The van der Waals surface area contributed by atoms with Gasteiger partial charge in [-0.25, -0.2) is 0 Å². The molecule has 2 aliphatic rings. The zero-order valence-electron chi connectivity index (χ0n) is 13.5. The molecule has 0 atom stereocenters. The maximum absolute atomic E-state index is 12.6. The van der Waals surface area contributed by atoms with Gasteiger partial charge in [0, 0.05) is 31.9 Å². The highest BCUT2D eigenvalue weighted by Gasteiger charge is 2.41. The second kappa shape index (κ2) is 5.48. The van der Waals surface area contributed by atoms with E-state index in [1.807, 2.05) is 34.8 Å². The summed E-state index contributed by atoms with van der Waals surface area (Å²) in [7, 11) is 6.35. The number of hydrogen-bond acceptors (Lipinski definition) is 2. The van der Waals surface area contributed by atoms with Crippen LogP contribution in [0.5, 0.6) is 0 Å². The lowest BCUT2D eigenvalue weighted by Gasteiger charge is -2.46. The number of carbonyl (C=O) groups is 1. The first-order valence-electron chi connectivity index (χ1n) is 8.10. The summed E-state index contributed by atoms with van der Waals surface area (Å²) in [6.07, 6.45) is 8.27. The van der Waals surface area contributed by atoms with E-state index in [1.165, 1.54) is 19.3 Å². The highest BCUT2D eigenvalue weighted by molar-refractivity contribution is 5.92. The van der Waals surface area contributed by atoms with Crippen LogP contribution in [0.25, 0.3) is 0 Å².